The molecule has 0 unspecified atom stereocenters. The third-order valence-electron chi connectivity index (χ3n) is 5.38. The monoisotopic (exact) mass is 548 g/mol. The Balaban J connectivity index is 1.76. The first-order chi connectivity index (χ1) is 18.0. The van der Waals surface area contributed by atoms with Crippen LogP contribution in [0.1, 0.15) is 23.3 Å². The normalized spacial score (nSPS) is 13.1. The Labute approximate surface area is 219 Å². The lowest BCUT2D eigenvalue weighted by Crippen LogP contribution is -2.48. The van der Waals surface area contributed by atoms with Gasteiger partial charge in [0.1, 0.15) is 11.6 Å². The average Bonchev–Trinajstić information content (AvgIpc) is 3.62. The molecule has 202 valence electrons. The van der Waals surface area contributed by atoms with Gasteiger partial charge in [-0.15, -0.1) is 10.2 Å². The lowest BCUT2D eigenvalue weighted by atomic mass is 10.1. The Morgan fingerprint density at radius 2 is 1.89 bits per heavy atom. The van der Waals surface area contributed by atoms with Crippen LogP contribution in [-0.2, 0) is 11.8 Å². The summed E-state index contributed by atoms with van der Waals surface area (Å²) in [5, 5.41) is 46.4. The first kappa shape index (κ1) is 27.1. The van der Waals surface area contributed by atoms with Gasteiger partial charge >= 0.3 is 6.10 Å². The first-order valence-electron chi connectivity index (χ1n) is 11.1. The first-order valence-corrected chi connectivity index (χ1v) is 12.4. The molecular formula is C22H25FN8O6S. The van der Waals surface area contributed by atoms with Crippen LogP contribution in [0.4, 0.5) is 27.4 Å². The number of rotatable bonds is 10. The molecule has 1 aromatic carbocycles. The van der Waals surface area contributed by atoms with E-state index in [1.54, 1.807) is 17.8 Å². The van der Waals surface area contributed by atoms with Gasteiger partial charge in [0.15, 0.2) is 17.3 Å². The SMILES string of the molecule is COc1c(Nc2cc(NC(=O)C3CC3)nnc2C(=O)NC(O)(O)O)cc(F)cc1-c1cc(NSC)n(C)n1. The number of nitrogens with zero attached hydrogens (tertiary/aromatic N) is 4. The number of aryl methyl sites for hydroxylation is 1. The van der Waals surface area contributed by atoms with Gasteiger partial charge in [-0.2, -0.15) is 5.10 Å². The van der Waals surface area contributed by atoms with Crippen LogP contribution >= 0.6 is 11.9 Å². The molecule has 16 heteroatoms. The standard InChI is InChI=1S/C22H25FN8O6S/c1-31-17(30-38-3)9-13(29-31)12-6-11(23)7-15(19(12)37-2)24-14-8-16(25-20(32)10-4-5-10)27-28-18(14)21(33)26-22(34,35)36/h6-10,30,34-36H,4-5H2,1-3H3,(H,26,33)(H2,24,25,27,32). The van der Waals surface area contributed by atoms with Crippen molar-refractivity contribution in [3.05, 3.63) is 35.8 Å². The van der Waals surface area contributed by atoms with Crippen molar-refractivity contribution < 1.29 is 34.0 Å². The van der Waals surface area contributed by atoms with E-state index < -0.39 is 23.5 Å². The van der Waals surface area contributed by atoms with Crippen molar-refractivity contribution in [3.8, 4) is 17.0 Å². The molecule has 2 amide bonds. The number of ether oxygens (including phenoxy) is 1. The number of anilines is 4. The average molecular weight is 549 g/mol. The third-order valence-corrected chi connectivity index (χ3v) is 5.79. The highest BCUT2D eigenvalue weighted by Crippen LogP contribution is 2.40. The van der Waals surface area contributed by atoms with Gasteiger partial charge in [0, 0.05) is 43.0 Å². The van der Waals surface area contributed by atoms with Crippen LogP contribution in [0.5, 0.6) is 5.75 Å². The molecule has 1 aliphatic carbocycles. The maximum absolute atomic E-state index is 14.8. The molecule has 2 aromatic heterocycles. The van der Waals surface area contributed by atoms with E-state index in [0.29, 0.717) is 11.5 Å². The zero-order chi connectivity index (χ0) is 27.6. The van der Waals surface area contributed by atoms with Crippen LogP contribution < -0.4 is 25.4 Å². The number of hydrogen-bond donors (Lipinski definition) is 7. The van der Waals surface area contributed by atoms with E-state index in [1.165, 1.54) is 36.5 Å². The van der Waals surface area contributed by atoms with Crippen molar-refractivity contribution in [2.75, 3.05) is 28.7 Å². The van der Waals surface area contributed by atoms with E-state index in [1.807, 2.05) is 6.26 Å². The number of amides is 2. The summed E-state index contributed by atoms with van der Waals surface area (Å²) < 4.78 is 25.0. The van der Waals surface area contributed by atoms with E-state index >= 15 is 0 Å². The van der Waals surface area contributed by atoms with E-state index in [2.05, 4.69) is 30.7 Å². The number of aromatic nitrogens is 4. The molecule has 0 bridgehead atoms. The lowest BCUT2D eigenvalue weighted by Gasteiger charge is -2.18. The smallest absolute Gasteiger partial charge is 0.369 e. The fourth-order valence-electron chi connectivity index (χ4n) is 3.54. The fraction of sp³-hybridized carbons (Fsp3) is 0.318. The molecule has 0 atom stereocenters. The number of benzene rings is 1. The number of carbonyl (C=O) groups is 2. The molecular weight excluding hydrogens is 523 g/mol. The number of methoxy groups -OCH3 is 1. The van der Waals surface area contributed by atoms with E-state index in [0.717, 1.165) is 18.9 Å². The molecule has 7 N–H and O–H groups in total. The summed E-state index contributed by atoms with van der Waals surface area (Å²) in [4.78, 5) is 24.8. The minimum Gasteiger partial charge on any atom is -0.494 e. The summed E-state index contributed by atoms with van der Waals surface area (Å²) in [5.41, 5.74) is 0.103. The lowest BCUT2D eigenvalue weighted by molar-refractivity contribution is -0.323. The molecule has 1 saturated carbocycles. The van der Waals surface area contributed by atoms with Gasteiger partial charge < -0.3 is 35.4 Å². The van der Waals surface area contributed by atoms with Gasteiger partial charge in [0.2, 0.25) is 5.91 Å². The predicted molar refractivity (Wildman–Crippen MR) is 136 cm³/mol. The Morgan fingerprint density at radius 3 is 2.53 bits per heavy atom. The minimum absolute atomic E-state index is 0.0164. The van der Waals surface area contributed by atoms with Gasteiger partial charge in [0.25, 0.3) is 5.91 Å². The summed E-state index contributed by atoms with van der Waals surface area (Å²) in [6, 6.07) is 5.28. The quantitative estimate of drug-likeness (QED) is 0.141. The van der Waals surface area contributed by atoms with Gasteiger partial charge in [-0.1, -0.05) is 11.9 Å². The van der Waals surface area contributed by atoms with E-state index in [4.69, 9.17) is 4.74 Å². The van der Waals surface area contributed by atoms with Gasteiger partial charge in [0.05, 0.1) is 24.2 Å². The molecule has 1 fully saturated rings. The van der Waals surface area contributed by atoms with Crippen LogP contribution in [0.25, 0.3) is 11.3 Å². The molecule has 0 aliphatic heterocycles. The van der Waals surface area contributed by atoms with Crippen molar-refractivity contribution in [1.29, 1.82) is 0 Å². The van der Waals surface area contributed by atoms with Crippen molar-refractivity contribution in [3.63, 3.8) is 0 Å². The Morgan fingerprint density at radius 1 is 1.16 bits per heavy atom. The van der Waals surface area contributed by atoms with Gasteiger partial charge in [-0.3, -0.25) is 19.6 Å². The zero-order valence-electron chi connectivity index (χ0n) is 20.4. The molecule has 0 spiro atoms. The maximum Gasteiger partial charge on any atom is 0.369 e. The zero-order valence-corrected chi connectivity index (χ0v) is 21.3. The summed E-state index contributed by atoms with van der Waals surface area (Å²) in [6.45, 7) is 0. The molecule has 1 aliphatic rings. The highest BCUT2D eigenvalue weighted by molar-refractivity contribution is 7.99. The highest BCUT2D eigenvalue weighted by atomic mass is 32.2. The fourth-order valence-corrected chi connectivity index (χ4v) is 3.94. The summed E-state index contributed by atoms with van der Waals surface area (Å²) in [6.07, 6.45) is -0.230. The molecule has 3 aromatic rings. The minimum atomic E-state index is -3.54. The maximum atomic E-state index is 14.8. The topological polar surface area (TPSA) is 196 Å². The molecule has 38 heavy (non-hydrogen) atoms. The van der Waals surface area contributed by atoms with Crippen LogP contribution in [0, 0.1) is 11.7 Å². The number of hydrogen-bond acceptors (Lipinski definition) is 12. The second-order valence-corrected chi connectivity index (χ2v) is 8.96. The molecule has 4 rings (SSSR count). The van der Waals surface area contributed by atoms with Crippen molar-refractivity contribution in [1.82, 2.24) is 25.3 Å². The van der Waals surface area contributed by atoms with Crippen LogP contribution in [-0.4, -0.2) is 66.6 Å². The van der Waals surface area contributed by atoms with Crippen LogP contribution in [0.15, 0.2) is 24.3 Å². The van der Waals surface area contributed by atoms with Crippen molar-refractivity contribution in [2.45, 2.75) is 18.9 Å². The molecule has 2 heterocycles. The predicted octanol–water partition coefficient (Wildman–Crippen LogP) is 1.12. The molecule has 14 nitrogen and oxygen atoms in total. The van der Waals surface area contributed by atoms with Gasteiger partial charge in [-0.25, -0.2) is 4.39 Å². The Kier molecular flexibility index (Phi) is 7.68. The third kappa shape index (κ3) is 6.28. The largest absolute Gasteiger partial charge is 0.494 e. The van der Waals surface area contributed by atoms with Crippen molar-refractivity contribution >= 4 is 46.8 Å². The molecule has 0 saturated heterocycles. The Bertz CT molecular complexity index is 1370. The second-order valence-electron chi connectivity index (χ2n) is 8.35. The van der Waals surface area contributed by atoms with Gasteiger partial charge in [-0.05, 0) is 18.9 Å². The van der Waals surface area contributed by atoms with E-state index in [9.17, 15) is 29.3 Å². The Hall–Kier alpha value is -3.99. The number of aliphatic hydroxyl groups is 3. The number of halogens is 1. The number of nitrogens with one attached hydrogen (secondary N) is 4. The van der Waals surface area contributed by atoms with Crippen LogP contribution in [0.3, 0.4) is 0 Å². The second kappa shape index (κ2) is 10.8. The number of carbonyl (C=O) groups excluding carboxylic acids is 2. The summed E-state index contributed by atoms with van der Waals surface area (Å²) in [5.74, 6) is -1.53. The van der Waals surface area contributed by atoms with Crippen molar-refractivity contribution in [2.24, 2.45) is 13.0 Å². The highest BCUT2D eigenvalue weighted by Gasteiger charge is 2.31. The van der Waals surface area contributed by atoms with E-state index in [-0.39, 0.29) is 40.3 Å². The van der Waals surface area contributed by atoms with Crippen LogP contribution in [0.2, 0.25) is 0 Å². The summed E-state index contributed by atoms with van der Waals surface area (Å²) >= 11 is 1.35. The summed E-state index contributed by atoms with van der Waals surface area (Å²) in [7, 11) is 3.07. The molecule has 0 radical (unpaired) electrons.